The van der Waals surface area contributed by atoms with Crippen molar-refractivity contribution >= 4 is 33.2 Å². The molecule has 29 heavy (non-hydrogen) atoms. The van der Waals surface area contributed by atoms with Crippen molar-refractivity contribution in [1.82, 2.24) is 9.78 Å². The molecule has 0 unspecified atom stereocenters. The second-order valence-corrected chi connectivity index (χ2v) is 6.72. The van der Waals surface area contributed by atoms with E-state index in [1.54, 1.807) is 31.4 Å². The lowest BCUT2D eigenvalue weighted by Gasteiger charge is -2.11. The number of methoxy groups -OCH3 is 1. The number of nitro groups is 1. The molecule has 1 heterocycles. The molecule has 0 bridgehead atoms. The monoisotopic (exact) mass is 460 g/mol. The van der Waals surface area contributed by atoms with E-state index in [2.05, 4.69) is 26.3 Å². The maximum absolute atomic E-state index is 12.7. The van der Waals surface area contributed by atoms with Crippen molar-refractivity contribution in [3.63, 3.8) is 0 Å². The number of carbonyl (C=O) groups excluding carboxylic acids is 1. The van der Waals surface area contributed by atoms with Gasteiger partial charge in [0.25, 0.3) is 11.6 Å². The van der Waals surface area contributed by atoms with Crippen LogP contribution in [0.3, 0.4) is 0 Å². The third kappa shape index (κ3) is 4.72. The third-order valence-electron chi connectivity index (χ3n) is 3.96. The molecular formula is C19H17BrN4O5. The van der Waals surface area contributed by atoms with Gasteiger partial charge in [-0.1, -0.05) is 0 Å². The number of rotatable bonds is 7. The van der Waals surface area contributed by atoms with E-state index >= 15 is 0 Å². The molecule has 1 N–H and O–H groups in total. The summed E-state index contributed by atoms with van der Waals surface area (Å²) >= 11 is 3.29. The van der Waals surface area contributed by atoms with Gasteiger partial charge in [-0.05, 0) is 47.1 Å². The molecule has 150 valence electrons. The zero-order valence-corrected chi connectivity index (χ0v) is 17.2. The number of benzene rings is 2. The van der Waals surface area contributed by atoms with Crippen LogP contribution in [0.1, 0.15) is 17.4 Å². The molecule has 0 atom stereocenters. The van der Waals surface area contributed by atoms with Gasteiger partial charge in [-0.25, -0.2) is 0 Å². The van der Waals surface area contributed by atoms with Crippen LogP contribution < -0.4 is 14.8 Å². The van der Waals surface area contributed by atoms with Crippen LogP contribution in [0.4, 0.5) is 11.4 Å². The molecule has 0 saturated heterocycles. The topological polar surface area (TPSA) is 109 Å². The summed E-state index contributed by atoms with van der Waals surface area (Å²) in [5, 5.41) is 18.1. The highest BCUT2D eigenvalue weighted by atomic mass is 79.9. The molecule has 0 aliphatic carbocycles. The van der Waals surface area contributed by atoms with Crippen LogP contribution in [0.15, 0.2) is 53.1 Å². The van der Waals surface area contributed by atoms with Crippen LogP contribution in [0.2, 0.25) is 0 Å². The van der Waals surface area contributed by atoms with E-state index in [1.165, 1.54) is 29.1 Å². The van der Waals surface area contributed by atoms with E-state index in [0.717, 1.165) is 0 Å². The number of non-ortho nitro benzene ring substituents is 1. The van der Waals surface area contributed by atoms with Crippen LogP contribution in [0.25, 0.3) is 0 Å². The molecule has 1 aromatic heterocycles. The lowest BCUT2D eigenvalue weighted by molar-refractivity contribution is -0.384. The summed E-state index contributed by atoms with van der Waals surface area (Å²) in [7, 11) is 1.55. The Balaban J connectivity index is 1.89. The van der Waals surface area contributed by atoms with Gasteiger partial charge < -0.3 is 14.8 Å². The second-order valence-electron chi connectivity index (χ2n) is 5.86. The fourth-order valence-electron chi connectivity index (χ4n) is 2.62. The second kappa shape index (κ2) is 8.74. The number of nitrogens with one attached hydrogen (secondary N) is 1. The van der Waals surface area contributed by atoms with E-state index < -0.39 is 10.8 Å². The Labute approximate surface area is 174 Å². The minimum Gasteiger partial charge on any atom is -0.497 e. The number of hydrogen-bond acceptors (Lipinski definition) is 6. The van der Waals surface area contributed by atoms with Gasteiger partial charge in [-0.2, -0.15) is 5.10 Å². The van der Waals surface area contributed by atoms with Gasteiger partial charge in [0.15, 0.2) is 0 Å². The summed E-state index contributed by atoms with van der Waals surface area (Å²) in [5.74, 6) is 0.882. The molecular weight excluding hydrogens is 444 g/mol. The number of amides is 1. The van der Waals surface area contributed by atoms with E-state index in [-0.39, 0.29) is 17.1 Å². The quantitative estimate of drug-likeness (QED) is 0.406. The van der Waals surface area contributed by atoms with Gasteiger partial charge in [0.05, 0.1) is 34.5 Å². The predicted octanol–water partition coefficient (Wildman–Crippen LogP) is 4.63. The number of hydrogen-bond donors (Lipinski definition) is 1. The Morgan fingerprint density at radius 1 is 1.21 bits per heavy atom. The van der Waals surface area contributed by atoms with Crippen molar-refractivity contribution < 1.29 is 19.2 Å². The highest BCUT2D eigenvalue weighted by Crippen LogP contribution is 2.31. The maximum Gasteiger partial charge on any atom is 0.275 e. The van der Waals surface area contributed by atoms with Crippen molar-refractivity contribution in [3.8, 4) is 17.2 Å². The molecule has 3 rings (SSSR count). The van der Waals surface area contributed by atoms with Crippen molar-refractivity contribution in [3.05, 3.63) is 68.9 Å². The van der Waals surface area contributed by atoms with Gasteiger partial charge in [0.1, 0.15) is 22.9 Å². The third-order valence-corrected chi connectivity index (χ3v) is 4.54. The predicted molar refractivity (Wildman–Crippen MR) is 110 cm³/mol. The summed E-state index contributed by atoms with van der Waals surface area (Å²) in [5.41, 5.74) is 0.328. The van der Waals surface area contributed by atoms with Gasteiger partial charge in [0, 0.05) is 18.7 Å². The molecule has 0 spiro atoms. The fourth-order valence-corrected chi connectivity index (χ4v) is 3.09. The van der Waals surface area contributed by atoms with E-state index in [4.69, 9.17) is 9.47 Å². The zero-order chi connectivity index (χ0) is 21.0. The Kier molecular flexibility index (Phi) is 6.13. The Bertz CT molecular complexity index is 1050. The number of aromatic nitrogens is 2. The standard InChI is InChI=1S/C19H17BrN4O5/c1-3-23-18(17(20)11-21-23)19(25)22-12-8-13(24(26)27)10-16(9-12)29-15-6-4-14(28-2)5-7-15/h4-11H,3H2,1-2H3,(H,22,25). The van der Waals surface area contributed by atoms with Gasteiger partial charge in [-0.3, -0.25) is 19.6 Å². The van der Waals surface area contributed by atoms with Crippen LogP contribution in [0, 0.1) is 10.1 Å². The first kappa shape index (κ1) is 20.3. The molecule has 0 radical (unpaired) electrons. The molecule has 0 saturated carbocycles. The highest BCUT2D eigenvalue weighted by Gasteiger charge is 2.19. The Hall–Kier alpha value is -3.40. The average molecular weight is 461 g/mol. The van der Waals surface area contributed by atoms with Crippen LogP contribution in [0.5, 0.6) is 17.2 Å². The average Bonchev–Trinajstić information content (AvgIpc) is 3.09. The minimum atomic E-state index is -0.553. The van der Waals surface area contributed by atoms with Crippen molar-refractivity contribution in [2.24, 2.45) is 0 Å². The molecule has 9 nitrogen and oxygen atoms in total. The maximum atomic E-state index is 12.7. The normalized spacial score (nSPS) is 10.4. The summed E-state index contributed by atoms with van der Waals surface area (Å²) in [6.07, 6.45) is 1.52. The van der Waals surface area contributed by atoms with Gasteiger partial charge >= 0.3 is 0 Å². The SMILES string of the molecule is CCn1ncc(Br)c1C(=O)Nc1cc(Oc2ccc(OC)cc2)cc([N+](=O)[O-])c1. The van der Waals surface area contributed by atoms with Gasteiger partial charge in [0.2, 0.25) is 0 Å². The molecule has 0 aliphatic heterocycles. The molecule has 2 aromatic carbocycles. The van der Waals surface area contributed by atoms with E-state index in [9.17, 15) is 14.9 Å². The minimum absolute atomic E-state index is 0.211. The number of carbonyl (C=O) groups is 1. The summed E-state index contributed by atoms with van der Waals surface area (Å²) in [4.78, 5) is 23.4. The van der Waals surface area contributed by atoms with Crippen molar-refractivity contribution in [2.45, 2.75) is 13.5 Å². The van der Waals surface area contributed by atoms with E-state index in [0.29, 0.717) is 28.2 Å². The lowest BCUT2D eigenvalue weighted by Crippen LogP contribution is -2.18. The summed E-state index contributed by atoms with van der Waals surface area (Å²) in [6.45, 7) is 2.35. The molecule has 10 heteroatoms. The van der Waals surface area contributed by atoms with Crippen molar-refractivity contribution in [2.75, 3.05) is 12.4 Å². The first-order chi connectivity index (χ1) is 13.9. The number of anilines is 1. The van der Waals surface area contributed by atoms with Crippen LogP contribution >= 0.6 is 15.9 Å². The summed E-state index contributed by atoms with van der Waals surface area (Å²) < 4.78 is 12.8. The smallest absolute Gasteiger partial charge is 0.275 e. The fraction of sp³-hybridized carbons (Fsp3) is 0.158. The number of nitrogens with zero attached hydrogens (tertiary/aromatic N) is 3. The Morgan fingerprint density at radius 3 is 2.52 bits per heavy atom. The number of ether oxygens (including phenoxy) is 2. The van der Waals surface area contributed by atoms with Crippen molar-refractivity contribution in [1.29, 1.82) is 0 Å². The van der Waals surface area contributed by atoms with Crippen LogP contribution in [-0.4, -0.2) is 27.7 Å². The molecule has 1 amide bonds. The van der Waals surface area contributed by atoms with E-state index in [1.807, 2.05) is 6.92 Å². The summed E-state index contributed by atoms with van der Waals surface area (Å²) in [6, 6.07) is 10.8. The number of nitro benzene ring substituents is 1. The number of halogens is 1. The lowest BCUT2D eigenvalue weighted by atomic mass is 10.2. The Morgan fingerprint density at radius 2 is 1.90 bits per heavy atom. The molecule has 0 fully saturated rings. The molecule has 3 aromatic rings. The molecule has 0 aliphatic rings. The first-order valence-corrected chi connectivity index (χ1v) is 9.34. The van der Waals surface area contributed by atoms with Crippen LogP contribution in [-0.2, 0) is 6.54 Å². The zero-order valence-electron chi connectivity index (χ0n) is 15.6. The highest BCUT2D eigenvalue weighted by molar-refractivity contribution is 9.10. The largest absolute Gasteiger partial charge is 0.497 e. The number of aryl methyl sites for hydroxylation is 1. The first-order valence-electron chi connectivity index (χ1n) is 8.55. The van der Waals surface area contributed by atoms with Gasteiger partial charge in [-0.15, -0.1) is 0 Å².